The average molecular weight is 368 g/mol. The molecule has 25 heavy (non-hydrogen) atoms. The molecule has 2 bridgehead atoms. The van der Waals surface area contributed by atoms with Crippen LogP contribution in [0.4, 0.5) is 18.9 Å². The zero-order valence-corrected chi connectivity index (χ0v) is 13.6. The van der Waals surface area contributed by atoms with Crippen LogP contribution >= 0.6 is 11.6 Å². The van der Waals surface area contributed by atoms with Crippen LogP contribution < -0.4 is 4.90 Å². The Kier molecular flexibility index (Phi) is 2.88. The first-order valence-corrected chi connectivity index (χ1v) is 8.59. The van der Waals surface area contributed by atoms with Crippen molar-refractivity contribution in [3.05, 3.63) is 40.9 Å². The number of alkyl halides is 3. The molecule has 3 nitrogen and oxygen atoms in total. The molecule has 7 heteroatoms. The number of halogens is 4. The fourth-order valence-electron chi connectivity index (χ4n) is 5.08. The van der Waals surface area contributed by atoms with Gasteiger partial charge in [-0.25, -0.2) is 0 Å². The summed E-state index contributed by atoms with van der Waals surface area (Å²) in [5.74, 6) is -0.655. The van der Waals surface area contributed by atoms with Gasteiger partial charge in [-0.3, -0.25) is 14.5 Å². The lowest BCUT2D eigenvalue weighted by Gasteiger charge is -2.37. The van der Waals surface area contributed by atoms with Crippen LogP contribution in [0.3, 0.4) is 0 Å². The van der Waals surface area contributed by atoms with Crippen molar-refractivity contribution in [2.75, 3.05) is 4.90 Å². The maximum Gasteiger partial charge on any atom is 0.417 e. The Labute approximate surface area is 146 Å². The van der Waals surface area contributed by atoms with E-state index in [1.54, 1.807) is 0 Å². The van der Waals surface area contributed by atoms with Gasteiger partial charge in [0.15, 0.2) is 0 Å². The SMILES string of the molecule is O=C1[C@@H]2[C@H]3C=C[C@H]([C@H]4C[C@H]34)[C@@H]2C(=O)N1c1ccc(Cl)c(C(F)(F)F)c1. The average Bonchev–Trinajstić information content (AvgIpc) is 3.32. The van der Waals surface area contributed by atoms with E-state index in [0.717, 1.165) is 23.5 Å². The summed E-state index contributed by atoms with van der Waals surface area (Å²) in [5.41, 5.74) is -1.08. The van der Waals surface area contributed by atoms with E-state index in [0.29, 0.717) is 11.8 Å². The number of anilines is 1. The van der Waals surface area contributed by atoms with Crippen LogP contribution in [0, 0.1) is 35.5 Å². The first-order chi connectivity index (χ1) is 11.8. The van der Waals surface area contributed by atoms with E-state index < -0.39 is 28.6 Å². The lowest BCUT2D eigenvalue weighted by molar-refractivity contribution is -0.137. The van der Waals surface area contributed by atoms with Gasteiger partial charge >= 0.3 is 6.18 Å². The molecule has 0 aromatic heterocycles. The Hall–Kier alpha value is -1.82. The molecule has 6 rings (SSSR count). The van der Waals surface area contributed by atoms with Gasteiger partial charge in [-0.15, -0.1) is 0 Å². The number of benzene rings is 1. The molecule has 1 aliphatic heterocycles. The van der Waals surface area contributed by atoms with Gasteiger partial charge in [0, 0.05) is 0 Å². The van der Waals surface area contributed by atoms with Crippen LogP contribution in [0.2, 0.25) is 5.02 Å². The molecule has 4 aliphatic carbocycles. The van der Waals surface area contributed by atoms with Gasteiger partial charge in [0.2, 0.25) is 11.8 Å². The second-order valence-corrected chi connectivity index (χ2v) is 7.74. The standard InChI is InChI=1S/C18H13ClF3NO2/c19-13-4-1-7(5-12(13)18(20,21)22)23-16(24)14-8-2-3-9(11-6-10(8)11)15(14)17(23)25/h1-5,8-11,14-15H,6H2/t8-,9+,10-,11-,14+,15-/m1/s1. The predicted octanol–water partition coefficient (Wildman–Crippen LogP) is 3.92. The molecule has 2 amide bonds. The molecule has 1 aromatic rings. The number of nitrogens with zero attached hydrogens (tertiary/aromatic N) is 1. The van der Waals surface area contributed by atoms with Crippen LogP contribution in [0.1, 0.15) is 12.0 Å². The maximum absolute atomic E-state index is 13.1. The highest BCUT2D eigenvalue weighted by Gasteiger charge is 2.67. The highest BCUT2D eigenvalue weighted by atomic mass is 35.5. The summed E-state index contributed by atoms with van der Waals surface area (Å²) in [6.07, 6.45) is 0.443. The first-order valence-electron chi connectivity index (χ1n) is 8.22. The fraction of sp³-hybridized carbons (Fsp3) is 0.444. The Bertz CT molecular complexity index is 813. The number of rotatable bonds is 1. The predicted molar refractivity (Wildman–Crippen MR) is 83.6 cm³/mol. The van der Waals surface area contributed by atoms with Crippen molar-refractivity contribution in [1.29, 1.82) is 0 Å². The number of hydrogen-bond donors (Lipinski definition) is 0. The summed E-state index contributed by atoms with van der Waals surface area (Å²) < 4.78 is 39.3. The van der Waals surface area contributed by atoms with Gasteiger partial charge in [0.25, 0.3) is 0 Å². The van der Waals surface area contributed by atoms with Crippen molar-refractivity contribution in [3.8, 4) is 0 Å². The van der Waals surface area contributed by atoms with Crippen molar-refractivity contribution in [2.24, 2.45) is 35.5 Å². The molecule has 130 valence electrons. The zero-order chi connectivity index (χ0) is 17.7. The van der Waals surface area contributed by atoms with Crippen molar-refractivity contribution in [3.63, 3.8) is 0 Å². The Morgan fingerprint density at radius 3 is 2.08 bits per heavy atom. The normalized spacial score (nSPS) is 38.2. The minimum Gasteiger partial charge on any atom is -0.274 e. The van der Waals surface area contributed by atoms with E-state index in [1.165, 1.54) is 6.07 Å². The molecule has 5 aliphatic rings. The zero-order valence-electron chi connectivity index (χ0n) is 12.8. The number of carbonyl (C=O) groups is 2. The molecule has 0 spiro atoms. The Morgan fingerprint density at radius 1 is 1.00 bits per heavy atom. The number of imide groups is 1. The molecule has 1 aromatic carbocycles. The minimum atomic E-state index is -4.64. The van der Waals surface area contributed by atoms with Crippen LogP contribution in [0.25, 0.3) is 0 Å². The third-order valence-corrected chi connectivity index (χ3v) is 6.51. The number of allylic oxidation sites excluding steroid dienone is 2. The van der Waals surface area contributed by atoms with E-state index in [-0.39, 0.29) is 29.3 Å². The van der Waals surface area contributed by atoms with Gasteiger partial charge in [0.1, 0.15) is 0 Å². The molecule has 6 atom stereocenters. The number of hydrogen-bond acceptors (Lipinski definition) is 2. The molecular weight excluding hydrogens is 355 g/mol. The first kappa shape index (κ1) is 15.4. The molecule has 2 saturated carbocycles. The quantitative estimate of drug-likeness (QED) is 0.557. The largest absolute Gasteiger partial charge is 0.417 e. The molecule has 3 fully saturated rings. The number of carbonyl (C=O) groups excluding carboxylic acids is 2. The highest BCUT2D eigenvalue weighted by Crippen LogP contribution is 2.65. The highest BCUT2D eigenvalue weighted by molar-refractivity contribution is 6.31. The van der Waals surface area contributed by atoms with E-state index in [2.05, 4.69) is 0 Å². The van der Waals surface area contributed by atoms with Crippen molar-refractivity contribution in [2.45, 2.75) is 12.6 Å². The summed E-state index contributed by atoms with van der Waals surface area (Å²) >= 11 is 5.65. The van der Waals surface area contributed by atoms with Crippen LogP contribution in [-0.2, 0) is 15.8 Å². The van der Waals surface area contributed by atoms with Crippen molar-refractivity contribution < 1.29 is 22.8 Å². The Morgan fingerprint density at radius 2 is 1.56 bits per heavy atom. The van der Waals surface area contributed by atoms with Crippen LogP contribution in [0.5, 0.6) is 0 Å². The van der Waals surface area contributed by atoms with Crippen LogP contribution in [-0.4, -0.2) is 11.8 Å². The summed E-state index contributed by atoms with van der Waals surface area (Å²) in [7, 11) is 0. The summed E-state index contributed by atoms with van der Waals surface area (Å²) in [6.45, 7) is 0. The van der Waals surface area contributed by atoms with Crippen molar-refractivity contribution in [1.82, 2.24) is 0 Å². The van der Waals surface area contributed by atoms with Gasteiger partial charge in [-0.2, -0.15) is 13.2 Å². The molecule has 1 heterocycles. The molecule has 0 radical (unpaired) electrons. The van der Waals surface area contributed by atoms with Gasteiger partial charge < -0.3 is 0 Å². The van der Waals surface area contributed by atoms with Gasteiger partial charge in [0.05, 0.1) is 28.1 Å². The van der Waals surface area contributed by atoms with E-state index in [4.69, 9.17) is 11.6 Å². The lowest BCUT2D eigenvalue weighted by Crippen LogP contribution is -2.40. The van der Waals surface area contributed by atoms with Crippen LogP contribution in [0.15, 0.2) is 30.4 Å². The third-order valence-electron chi connectivity index (χ3n) is 6.18. The molecule has 0 unspecified atom stereocenters. The Balaban J connectivity index is 1.57. The molecule has 1 saturated heterocycles. The van der Waals surface area contributed by atoms with Gasteiger partial charge in [-0.1, -0.05) is 23.8 Å². The summed E-state index contributed by atoms with van der Waals surface area (Å²) in [6, 6.07) is 3.19. The van der Waals surface area contributed by atoms with E-state index in [1.807, 2.05) is 12.2 Å². The second-order valence-electron chi connectivity index (χ2n) is 7.33. The van der Waals surface area contributed by atoms with E-state index >= 15 is 0 Å². The smallest absolute Gasteiger partial charge is 0.274 e. The number of amides is 2. The van der Waals surface area contributed by atoms with Crippen molar-refractivity contribution >= 4 is 29.1 Å². The molecule has 0 N–H and O–H groups in total. The van der Waals surface area contributed by atoms with E-state index in [9.17, 15) is 22.8 Å². The fourth-order valence-corrected chi connectivity index (χ4v) is 5.31. The summed E-state index contributed by atoms with van der Waals surface area (Å²) in [5, 5.41) is -0.448. The third kappa shape index (κ3) is 1.94. The molecular formula is C18H13ClF3NO2. The minimum absolute atomic E-state index is 0.0378. The lowest BCUT2D eigenvalue weighted by atomic mass is 9.63. The van der Waals surface area contributed by atoms with Gasteiger partial charge in [-0.05, 0) is 48.3 Å². The topological polar surface area (TPSA) is 37.4 Å². The monoisotopic (exact) mass is 367 g/mol. The maximum atomic E-state index is 13.1. The second kappa shape index (κ2) is 4.67. The summed E-state index contributed by atoms with van der Waals surface area (Å²) in [4.78, 5) is 26.8.